The highest BCUT2D eigenvalue weighted by Gasteiger charge is 2.34. The Kier molecular flexibility index (Phi) is 4.99. The maximum Gasteiger partial charge on any atom is 0.315 e. The zero-order valence-electron chi connectivity index (χ0n) is 14.5. The van der Waals surface area contributed by atoms with E-state index < -0.39 is 0 Å². The van der Waals surface area contributed by atoms with Gasteiger partial charge in [-0.25, -0.2) is 4.79 Å². The summed E-state index contributed by atoms with van der Waals surface area (Å²) in [5, 5.41) is 15.4. The van der Waals surface area contributed by atoms with Gasteiger partial charge in [0.1, 0.15) is 11.4 Å². The second-order valence-electron chi connectivity index (χ2n) is 7.67. The predicted octanol–water partition coefficient (Wildman–Crippen LogP) is 3.14. The van der Waals surface area contributed by atoms with Gasteiger partial charge in [-0.2, -0.15) is 0 Å². The van der Waals surface area contributed by atoms with E-state index in [-0.39, 0.29) is 30.3 Å². The van der Waals surface area contributed by atoms with Crippen LogP contribution in [0.4, 0.5) is 4.79 Å². The molecule has 24 heavy (non-hydrogen) atoms. The lowest BCUT2D eigenvalue weighted by Crippen LogP contribution is -2.47. The number of para-hydroxylation sites is 1. The third kappa shape index (κ3) is 4.01. The third-order valence-corrected chi connectivity index (χ3v) is 5.12. The Morgan fingerprint density at radius 2 is 1.92 bits per heavy atom. The van der Waals surface area contributed by atoms with Gasteiger partial charge in [-0.05, 0) is 51.5 Å². The fourth-order valence-electron chi connectivity index (χ4n) is 3.81. The number of nitrogens with one attached hydrogen (secondary N) is 2. The monoisotopic (exact) mass is 332 g/mol. The molecule has 1 aromatic carbocycles. The van der Waals surface area contributed by atoms with Crippen LogP contribution in [-0.4, -0.2) is 29.4 Å². The summed E-state index contributed by atoms with van der Waals surface area (Å²) in [5.74, 6) is 1.25. The zero-order valence-corrected chi connectivity index (χ0v) is 14.5. The summed E-state index contributed by atoms with van der Waals surface area (Å²) in [6, 6.07) is 7.95. The molecular weight excluding hydrogens is 304 g/mol. The molecule has 1 aliphatic carbocycles. The Labute approximate surface area is 143 Å². The predicted molar refractivity (Wildman–Crippen MR) is 93.0 cm³/mol. The van der Waals surface area contributed by atoms with Gasteiger partial charge < -0.3 is 20.5 Å². The first-order valence-corrected chi connectivity index (χ1v) is 8.93. The molecule has 5 nitrogen and oxygen atoms in total. The molecule has 0 saturated heterocycles. The molecule has 3 rings (SSSR count). The van der Waals surface area contributed by atoms with Crippen molar-refractivity contribution in [2.75, 3.05) is 6.61 Å². The quantitative estimate of drug-likeness (QED) is 0.796. The van der Waals surface area contributed by atoms with Crippen LogP contribution in [0.5, 0.6) is 5.75 Å². The van der Waals surface area contributed by atoms with Crippen molar-refractivity contribution in [3.05, 3.63) is 29.8 Å². The van der Waals surface area contributed by atoms with Crippen LogP contribution in [0.2, 0.25) is 0 Å². The fraction of sp³-hybridized carbons (Fsp3) is 0.632. The summed E-state index contributed by atoms with van der Waals surface area (Å²) >= 11 is 0. The lowest BCUT2D eigenvalue weighted by atomic mass is 9.86. The Bertz CT molecular complexity index is 580. The van der Waals surface area contributed by atoms with E-state index in [1.165, 1.54) is 0 Å². The van der Waals surface area contributed by atoms with Crippen molar-refractivity contribution >= 4 is 6.03 Å². The van der Waals surface area contributed by atoms with Gasteiger partial charge in [0.25, 0.3) is 0 Å². The average Bonchev–Trinajstić information content (AvgIpc) is 2.54. The second-order valence-corrected chi connectivity index (χ2v) is 7.67. The number of hydrogen-bond acceptors (Lipinski definition) is 3. The van der Waals surface area contributed by atoms with Crippen molar-refractivity contribution in [1.82, 2.24) is 10.6 Å². The second kappa shape index (κ2) is 7.01. The van der Waals surface area contributed by atoms with E-state index in [0.717, 1.165) is 43.4 Å². The molecule has 2 amide bonds. The molecule has 1 saturated carbocycles. The van der Waals surface area contributed by atoms with Crippen molar-refractivity contribution in [3.63, 3.8) is 0 Å². The third-order valence-electron chi connectivity index (χ3n) is 5.12. The van der Waals surface area contributed by atoms with E-state index in [9.17, 15) is 9.90 Å². The SMILES string of the molecule is CC1(C)CC(NC(=O)NC2CCC(CO)CC2)c2ccccc2O1. The molecule has 1 atom stereocenters. The van der Waals surface area contributed by atoms with Crippen LogP contribution in [0, 0.1) is 5.92 Å². The van der Waals surface area contributed by atoms with Gasteiger partial charge in [0, 0.05) is 24.6 Å². The van der Waals surface area contributed by atoms with Gasteiger partial charge in [-0.1, -0.05) is 18.2 Å². The lowest BCUT2D eigenvalue weighted by Gasteiger charge is -2.38. The maximum absolute atomic E-state index is 12.4. The number of carbonyl (C=O) groups is 1. The summed E-state index contributed by atoms with van der Waals surface area (Å²) in [6.07, 6.45) is 4.58. The number of hydrogen-bond donors (Lipinski definition) is 3. The lowest BCUT2D eigenvalue weighted by molar-refractivity contribution is 0.0677. The molecule has 0 aromatic heterocycles. The zero-order chi connectivity index (χ0) is 17.2. The number of carbonyl (C=O) groups excluding carboxylic acids is 1. The number of fused-ring (bicyclic) bond motifs is 1. The molecule has 1 heterocycles. The largest absolute Gasteiger partial charge is 0.487 e. The van der Waals surface area contributed by atoms with E-state index in [1.54, 1.807) is 0 Å². The molecule has 0 spiro atoms. The van der Waals surface area contributed by atoms with E-state index in [4.69, 9.17) is 4.74 Å². The summed E-state index contributed by atoms with van der Waals surface area (Å²) in [7, 11) is 0. The number of amides is 2. The first kappa shape index (κ1) is 17.1. The average molecular weight is 332 g/mol. The Balaban J connectivity index is 1.60. The highest BCUT2D eigenvalue weighted by atomic mass is 16.5. The minimum atomic E-state index is -0.300. The van der Waals surface area contributed by atoms with Crippen molar-refractivity contribution in [1.29, 1.82) is 0 Å². The molecule has 3 N–H and O–H groups in total. The van der Waals surface area contributed by atoms with E-state index in [2.05, 4.69) is 10.6 Å². The Morgan fingerprint density at radius 1 is 1.21 bits per heavy atom. The Morgan fingerprint density at radius 3 is 2.62 bits per heavy atom. The van der Waals surface area contributed by atoms with E-state index in [0.29, 0.717) is 5.92 Å². The smallest absolute Gasteiger partial charge is 0.315 e. The van der Waals surface area contributed by atoms with Crippen LogP contribution in [-0.2, 0) is 0 Å². The van der Waals surface area contributed by atoms with Crippen LogP contribution in [0.1, 0.15) is 57.6 Å². The first-order valence-electron chi connectivity index (χ1n) is 8.93. The number of urea groups is 1. The van der Waals surface area contributed by atoms with Crippen LogP contribution in [0.3, 0.4) is 0 Å². The molecule has 2 aliphatic rings. The van der Waals surface area contributed by atoms with Gasteiger partial charge in [-0.15, -0.1) is 0 Å². The summed E-state index contributed by atoms with van der Waals surface area (Å²) in [5.41, 5.74) is 0.738. The van der Waals surface area contributed by atoms with E-state index >= 15 is 0 Å². The molecule has 5 heteroatoms. The molecule has 0 bridgehead atoms. The summed E-state index contributed by atoms with van der Waals surface area (Å²) in [6.45, 7) is 4.35. The van der Waals surface area contributed by atoms with Gasteiger partial charge in [0.05, 0.1) is 6.04 Å². The number of rotatable bonds is 3. The van der Waals surface area contributed by atoms with Gasteiger partial charge in [-0.3, -0.25) is 0 Å². The van der Waals surface area contributed by atoms with Crippen molar-refractivity contribution in [3.8, 4) is 5.75 Å². The Hall–Kier alpha value is -1.75. The first-order chi connectivity index (χ1) is 11.5. The summed E-state index contributed by atoms with van der Waals surface area (Å²) < 4.78 is 6.01. The number of aliphatic hydroxyl groups is 1. The minimum absolute atomic E-state index is 0.0428. The van der Waals surface area contributed by atoms with Crippen LogP contribution >= 0.6 is 0 Å². The molecule has 1 aliphatic heterocycles. The fourth-order valence-corrected chi connectivity index (χ4v) is 3.81. The maximum atomic E-state index is 12.4. The van der Waals surface area contributed by atoms with Crippen LogP contribution in [0.15, 0.2) is 24.3 Å². The standard InChI is InChI=1S/C19H28N2O3/c1-19(2)11-16(15-5-3-4-6-17(15)24-19)21-18(23)20-14-9-7-13(12-22)8-10-14/h3-6,13-14,16,22H,7-12H2,1-2H3,(H2,20,21,23). The highest BCUT2D eigenvalue weighted by molar-refractivity contribution is 5.75. The van der Waals surface area contributed by atoms with Crippen molar-refractivity contribution in [2.45, 2.75) is 63.6 Å². The normalized spacial score (nSPS) is 28.4. The molecule has 1 fully saturated rings. The highest BCUT2D eigenvalue weighted by Crippen LogP contribution is 2.39. The molecule has 1 aromatic rings. The molecule has 1 unspecified atom stereocenters. The minimum Gasteiger partial charge on any atom is -0.487 e. The van der Waals surface area contributed by atoms with Gasteiger partial charge >= 0.3 is 6.03 Å². The topological polar surface area (TPSA) is 70.6 Å². The van der Waals surface area contributed by atoms with Crippen LogP contribution in [0.25, 0.3) is 0 Å². The molecule has 0 radical (unpaired) electrons. The molecule has 132 valence electrons. The van der Waals surface area contributed by atoms with Crippen LogP contribution < -0.4 is 15.4 Å². The molecular formula is C19H28N2O3. The van der Waals surface area contributed by atoms with Crippen molar-refractivity contribution < 1.29 is 14.6 Å². The van der Waals surface area contributed by atoms with Gasteiger partial charge in [0.15, 0.2) is 0 Å². The summed E-state index contributed by atoms with van der Waals surface area (Å²) in [4.78, 5) is 12.4. The van der Waals surface area contributed by atoms with E-state index in [1.807, 2.05) is 38.1 Å². The number of benzene rings is 1. The number of aliphatic hydroxyl groups excluding tert-OH is 1. The number of ether oxygens (including phenoxy) is 1. The van der Waals surface area contributed by atoms with Crippen molar-refractivity contribution in [2.24, 2.45) is 5.92 Å². The van der Waals surface area contributed by atoms with Gasteiger partial charge in [0.2, 0.25) is 0 Å².